The number of hydrogen-bond donors (Lipinski definition) is 2. The second-order valence-electron chi connectivity index (χ2n) is 7.21. The van der Waals surface area contributed by atoms with Crippen molar-refractivity contribution in [1.82, 2.24) is 10.2 Å². The summed E-state index contributed by atoms with van der Waals surface area (Å²) in [4.78, 5) is 26.4. The Morgan fingerprint density at radius 3 is 2.75 bits per heavy atom. The number of primary amides is 1. The molecule has 1 saturated heterocycles. The predicted molar refractivity (Wildman–Crippen MR) is 95.1 cm³/mol. The third kappa shape index (κ3) is 4.95. The molecule has 1 fully saturated rings. The van der Waals surface area contributed by atoms with E-state index in [-0.39, 0.29) is 18.2 Å². The number of nitrogens with one attached hydrogen (secondary N) is 1. The van der Waals surface area contributed by atoms with E-state index < -0.39 is 11.5 Å². The number of carbonyl (C=O) groups is 2. The van der Waals surface area contributed by atoms with E-state index in [0.717, 1.165) is 24.3 Å². The highest BCUT2D eigenvalue weighted by atomic mass is 32.1. The fourth-order valence-corrected chi connectivity index (χ4v) is 3.65. The summed E-state index contributed by atoms with van der Waals surface area (Å²) in [6.07, 6.45) is 1.70. The Labute approximate surface area is 147 Å². The van der Waals surface area contributed by atoms with E-state index in [0.29, 0.717) is 12.1 Å². The summed E-state index contributed by atoms with van der Waals surface area (Å²) in [6, 6.07) is 2.08. The number of hydrogen-bond acceptors (Lipinski definition) is 5. The molecule has 2 amide bonds. The first-order chi connectivity index (χ1) is 11.2. The number of nitrogens with two attached hydrogens (primary N) is 1. The number of ether oxygens (including phenoxy) is 1. The third-order valence-corrected chi connectivity index (χ3v) is 5.03. The van der Waals surface area contributed by atoms with E-state index in [2.05, 4.69) is 5.32 Å². The Morgan fingerprint density at radius 2 is 2.17 bits per heavy atom. The van der Waals surface area contributed by atoms with Crippen molar-refractivity contribution >= 4 is 23.3 Å². The molecule has 0 aliphatic carbocycles. The van der Waals surface area contributed by atoms with Crippen LogP contribution in [0.2, 0.25) is 0 Å². The third-order valence-electron chi connectivity index (χ3n) is 4.09. The molecule has 2 unspecified atom stereocenters. The molecule has 0 bridgehead atoms. The SMILES string of the molecule is CC1C(NCc2cc(C(N)=O)cs2)CCCN1C(=O)OC(C)(C)C. The minimum atomic E-state index is -0.487. The Kier molecular flexibility index (Phi) is 5.87. The Bertz CT molecular complexity index is 594. The van der Waals surface area contributed by atoms with Crippen LogP contribution in [0.25, 0.3) is 0 Å². The summed E-state index contributed by atoms with van der Waals surface area (Å²) in [5, 5.41) is 5.27. The molecule has 1 aromatic heterocycles. The first kappa shape index (κ1) is 18.7. The van der Waals surface area contributed by atoms with E-state index in [1.54, 1.807) is 10.3 Å². The number of thiophene rings is 1. The van der Waals surface area contributed by atoms with Crippen molar-refractivity contribution in [2.75, 3.05) is 6.54 Å². The number of amides is 2. The molecule has 24 heavy (non-hydrogen) atoms. The predicted octanol–water partition coefficient (Wildman–Crippen LogP) is 2.72. The molecule has 0 spiro atoms. The topological polar surface area (TPSA) is 84.7 Å². The van der Waals surface area contributed by atoms with Gasteiger partial charge in [-0.15, -0.1) is 11.3 Å². The quantitative estimate of drug-likeness (QED) is 0.871. The zero-order valence-electron chi connectivity index (χ0n) is 14.8. The van der Waals surface area contributed by atoms with Crippen molar-refractivity contribution < 1.29 is 14.3 Å². The largest absolute Gasteiger partial charge is 0.444 e. The van der Waals surface area contributed by atoms with Gasteiger partial charge in [0.25, 0.3) is 0 Å². The summed E-state index contributed by atoms with van der Waals surface area (Å²) < 4.78 is 5.50. The molecule has 6 nitrogen and oxygen atoms in total. The van der Waals surface area contributed by atoms with Gasteiger partial charge in [-0.05, 0) is 46.6 Å². The monoisotopic (exact) mass is 353 g/mol. The second kappa shape index (κ2) is 7.53. The molecular formula is C17H27N3O3S. The van der Waals surface area contributed by atoms with Crippen molar-refractivity contribution in [2.45, 2.75) is 64.8 Å². The average molecular weight is 353 g/mol. The highest BCUT2D eigenvalue weighted by molar-refractivity contribution is 7.10. The van der Waals surface area contributed by atoms with E-state index >= 15 is 0 Å². The maximum absolute atomic E-state index is 12.3. The molecular weight excluding hydrogens is 326 g/mol. The van der Waals surface area contributed by atoms with Gasteiger partial charge >= 0.3 is 6.09 Å². The van der Waals surface area contributed by atoms with Gasteiger partial charge in [0.05, 0.1) is 5.56 Å². The van der Waals surface area contributed by atoms with Crippen LogP contribution in [0.15, 0.2) is 11.4 Å². The van der Waals surface area contributed by atoms with Gasteiger partial charge in [-0.25, -0.2) is 4.79 Å². The van der Waals surface area contributed by atoms with E-state index in [1.807, 2.05) is 33.8 Å². The van der Waals surface area contributed by atoms with Crippen molar-refractivity contribution in [2.24, 2.45) is 5.73 Å². The molecule has 0 saturated carbocycles. The van der Waals surface area contributed by atoms with Gasteiger partial charge in [-0.1, -0.05) is 0 Å². The maximum Gasteiger partial charge on any atom is 0.410 e. The molecule has 1 aromatic rings. The molecule has 0 aromatic carbocycles. The Hall–Kier alpha value is -1.60. The normalized spacial score (nSPS) is 21.6. The molecule has 1 aliphatic rings. The summed E-state index contributed by atoms with van der Waals surface area (Å²) in [6.45, 7) is 9.06. The average Bonchev–Trinajstić information content (AvgIpc) is 2.93. The van der Waals surface area contributed by atoms with Crippen LogP contribution in [-0.4, -0.2) is 41.1 Å². The number of piperidine rings is 1. The van der Waals surface area contributed by atoms with E-state index in [9.17, 15) is 9.59 Å². The van der Waals surface area contributed by atoms with Crippen LogP contribution in [-0.2, 0) is 11.3 Å². The minimum Gasteiger partial charge on any atom is -0.444 e. The number of carbonyl (C=O) groups excluding carboxylic acids is 2. The fourth-order valence-electron chi connectivity index (χ4n) is 2.83. The zero-order chi connectivity index (χ0) is 17.9. The highest BCUT2D eigenvalue weighted by Crippen LogP contribution is 2.22. The van der Waals surface area contributed by atoms with Crippen molar-refractivity contribution in [1.29, 1.82) is 0 Å². The number of nitrogens with zero attached hydrogens (tertiary/aromatic N) is 1. The lowest BCUT2D eigenvalue weighted by atomic mass is 9.98. The smallest absolute Gasteiger partial charge is 0.410 e. The van der Waals surface area contributed by atoms with Crippen LogP contribution in [0.5, 0.6) is 0 Å². The van der Waals surface area contributed by atoms with Crippen LogP contribution >= 0.6 is 11.3 Å². The van der Waals surface area contributed by atoms with Gasteiger partial charge in [0.15, 0.2) is 0 Å². The van der Waals surface area contributed by atoms with Crippen molar-refractivity contribution in [3.63, 3.8) is 0 Å². The highest BCUT2D eigenvalue weighted by Gasteiger charge is 2.33. The number of likely N-dealkylation sites (tertiary alicyclic amines) is 1. The van der Waals surface area contributed by atoms with E-state index in [4.69, 9.17) is 10.5 Å². The lowest BCUT2D eigenvalue weighted by molar-refractivity contribution is 0.00699. The lowest BCUT2D eigenvalue weighted by Gasteiger charge is -2.40. The minimum absolute atomic E-state index is 0.0594. The first-order valence-corrected chi connectivity index (χ1v) is 9.15. The standard InChI is InChI=1S/C17H27N3O3S/c1-11-14(19-9-13-8-12(10-24-13)15(18)21)6-5-7-20(11)16(22)23-17(2,3)4/h8,10-11,14,19H,5-7,9H2,1-4H3,(H2,18,21). The summed E-state index contributed by atoms with van der Waals surface area (Å²) in [5.74, 6) is -0.403. The molecule has 3 N–H and O–H groups in total. The van der Waals surface area contributed by atoms with Crippen molar-refractivity contribution in [3.05, 3.63) is 21.9 Å². The van der Waals surface area contributed by atoms with Crippen LogP contribution in [0.4, 0.5) is 4.79 Å². The molecule has 7 heteroatoms. The van der Waals surface area contributed by atoms with E-state index in [1.165, 1.54) is 11.3 Å². The molecule has 134 valence electrons. The molecule has 2 heterocycles. The van der Waals surface area contributed by atoms with Gasteiger partial charge in [0.1, 0.15) is 5.60 Å². The Balaban J connectivity index is 1.93. The number of rotatable bonds is 4. The lowest BCUT2D eigenvalue weighted by Crippen LogP contribution is -2.55. The summed E-state index contributed by atoms with van der Waals surface area (Å²) >= 11 is 1.51. The Morgan fingerprint density at radius 1 is 1.46 bits per heavy atom. The maximum atomic E-state index is 12.3. The van der Waals surface area contributed by atoms with Crippen LogP contribution < -0.4 is 11.1 Å². The molecule has 2 atom stereocenters. The molecule has 0 radical (unpaired) electrons. The van der Waals surface area contributed by atoms with Crippen LogP contribution in [0.1, 0.15) is 55.8 Å². The molecule has 2 rings (SSSR count). The van der Waals surface area contributed by atoms with Crippen LogP contribution in [0, 0.1) is 0 Å². The van der Waals surface area contributed by atoms with Gasteiger partial charge in [0.2, 0.25) is 5.91 Å². The van der Waals surface area contributed by atoms with Gasteiger partial charge in [-0.2, -0.15) is 0 Å². The van der Waals surface area contributed by atoms with Gasteiger partial charge in [-0.3, -0.25) is 4.79 Å². The van der Waals surface area contributed by atoms with Crippen LogP contribution in [0.3, 0.4) is 0 Å². The van der Waals surface area contributed by atoms with Gasteiger partial charge < -0.3 is 20.7 Å². The second-order valence-corrected chi connectivity index (χ2v) is 8.21. The van der Waals surface area contributed by atoms with Crippen molar-refractivity contribution in [3.8, 4) is 0 Å². The summed E-state index contributed by atoms with van der Waals surface area (Å²) in [5.41, 5.74) is 5.34. The fraction of sp³-hybridized carbons (Fsp3) is 0.647. The zero-order valence-corrected chi connectivity index (χ0v) is 15.6. The molecule has 1 aliphatic heterocycles. The summed E-state index contributed by atoms with van der Waals surface area (Å²) in [7, 11) is 0. The van der Waals surface area contributed by atoms with Gasteiger partial charge in [0, 0.05) is 35.4 Å². The first-order valence-electron chi connectivity index (χ1n) is 8.27.